The minimum atomic E-state index is 0.392. The molecule has 0 N–H and O–H groups in total. The first kappa shape index (κ1) is 72.1. The highest BCUT2D eigenvalue weighted by Gasteiger charge is 2.66. The summed E-state index contributed by atoms with van der Waals surface area (Å²) in [5.41, 5.74) is 6.07. The zero-order valence-electron chi connectivity index (χ0n) is 57.1. The van der Waals surface area contributed by atoms with Gasteiger partial charge < -0.3 is 0 Å². The zero-order valence-corrected chi connectivity index (χ0v) is 57.1. The van der Waals surface area contributed by atoms with Crippen molar-refractivity contribution in [1.29, 1.82) is 0 Å². The van der Waals surface area contributed by atoms with Crippen LogP contribution in [0.1, 0.15) is 324 Å². The van der Waals surface area contributed by atoms with Crippen LogP contribution in [0.3, 0.4) is 0 Å². The molecule has 0 aromatic heterocycles. The average Bonchev–Trinajstić information content (AvgIpc) is 4.32. The van der Waals surface area contributed by atoms with E-state index in [1.54, 1.807) is 25.7 Å². The van der Waals surface area contributed by atoms with Gasteiger partial charge in [0.1, 0.15) is 0 Å². The molecule has 6 atom stereocenters. The van der Waals surface area contributed by atoms with Gasteiger partial charge in [-0.25, -0.2) is 0 Å². The first-order valence-corrected chi connectivity index (χ1v) is 33.8. The first-order valence-electron chi connectivity index (χ1n) is 33.8. The summed E-state index contributed by atoms with van der Waals surface area (Å²) in [7, 11) is 0. The van der Waals surface area contributed by atoms with E-state index in [2.05, 4.69) is 188 Å². The van der Waals surface area contributed by atoms with Crippen molar-refractivity contribution in [3.8, 4) is 11.8 Å². The summed E-state index contributed by atoms with van der Waals surface area (Å²) in [5, 5.41) is 0. The van der Waals surface area contributed by atoms with Crippen molar-refractivity contribution >= 4 is 0 Å². The Bertz CT molecular complexity index is 1870. The zero-order chi connectivity index (χ0) is 59.0. The highest BCUT2D eigenvalue weighted by molar-refractivity contribution is 5.32. The van der Waals surface area contributed by atoms with E-state index in [1.807, 2.05) is 43.3 Å². The summed E-state index contributed by atoms with van der Waals surface area (Å²) in [6, 6.07) is 20.4. The Morgan fingerprint density at radius 2 is 0.897 bits per heavy atom. The molecule has 6 unspecified atom stereocenters. The Labute approximate surface area is 492 Å². The molecule has 78 heavy (non-hydrogen) atoms. The standard InChI is InChI=1S/C14H28.C9H16.C9H18.C9H8.2C8H16.C8H10.C7H14.C6H12/c1-10-11(2,3)13(6,7)14(8,9)12(10,4)5;1-2-8-5-7-3-4-9(8)6-7;1-8-6-4-5-7-9(8,2)3;1-2-6-9-7-4-3-5-8-9;1-7-4-5-8(2,3)6-7;1-7-5-4-6-8(7,2)3;1-2-8-6-4-3-5-7-8;1-7-5-3-2-4-6-7;1-6-4-2-3-5-6/h10H,1-9H3;7-9H,2-6H2,1H3;8H,4-7H2,1-3H3;3-5,7-8H,1H3;2*7H,4-6H2,1-3H3;3-7H,2H2,1H3;7H,2-6H2,1H3;6H,2-5H2,1H3. The van der Waals surface area contributed by atoms with Crippen LogP contribution in [0.15, 0.2) is 60.7 Å². The Morgan fingerprint density at radius 1 is 0.449 bits per heavy atom. The van der Waals surface area contributed by atoms with Gasteiger partial charge in [0, 0.05) is 5.56 Å². The van der Waals surface area contributed by atoms with Crippen molar-refractivity contribution in [3.05, 3.63) is 71.8 Å². The highest BCUT2D eigenvalue weighted by Crippen LogP contribution is 2.72. The summed E-state index contributed by atoms with van der Waals surface area (Å²) in [6.07, 6.45) is 36.7. The Hall–Kier alpha value is -2.00. The van der Waals surface area contributed by atoms with E-state index in [1.165, 1.54) is 134 Å². The van der Waals surface area contributed by atoms with Crippen molar-refractivity contribution in [2.45, 2.75) is 320 Å². The monoisotopic (exact) mass is 1080 g/mol. The second kappa shape index (κ2) is 33.9. The molecule has 8 fully saturated rings. The largest absolute Gasteiger partial charge is 0.101 e. The minimum Gasteiger partial charge on any atom is -0.101 e. The van der Waals surface area contributed by atoms with Gasteiger partial charge >= 0.3 is 0 Å². The Balaban J connectivity index is 0.000000303. The van der Waals surface area contributed by atoms with Gasteiger partial charge in [-0.1, -0.05) is 316 Å². The smallest absolute Gasteiger partial charge is 0.0245 e. The van der Waals surface area contributed by atoms with E-state index < -0.39 is 0 Å². The third kappa shape index (κ3) is 23.3. The van der Waals surface area contributed by atoms with Gasteiger partial charge in [-0.2, -0.15) is 0 Å². The normalized spacial score (nSPS) is 28.9. The van der Waals surface area contributed by atoms with Gasteiger partial charge in [0.05, 0.1) is 0 Å². The molecule has 450 valence electrons. The van der Waals surface area contributed by atoms with Crippen molar-refractivity contribution in [2.75, 3.05) is 0 Å². The van der Waals surface area contributed by atoms with E-state index in [0.717, 1.165) is 65.2 Å². The van der Waals surface area contributed by atoms with Crippen LogP contribution >= 0.6 is 0 Å². The molecule has 0 heterocycles. The van der Waals surface area contributed by atoms with Crippen LogP contribution in [-0.4, -0.2) is 0 Å². The van der Waals surface area contributed by atoms with Crippen LogP contribution in [0.2, 0.25) is 0 Å². The maximum absolute atomic E-state index is 2.96. The lowest BCUT2D eigenvalue weighted by molar-refractivity contribution is 0.0135. The molecule has 8 aliphatic rings. The molecule has 2 bridgehead atoms. The molecule has 0 aliphatic heterocycles. The predicted octanol–water partition coefficient (Wildman–Crippen LogP) is 25.6. The Morgan fingerprint density at radius 3 is 1.13 bits per heavy atom. The van der Waals surface area contributed by atoms with Crippen molar-refractivity contribution in [1.82, 2.24) is 0 Å². The summed E-state index contributed by atoms with van der Waals surface area (Å²) < 4.78 is 0. The fourth-order valence-electron chi connectivity index (χ4n) is 15.2. The second-order valence-electron chi connectivity index (χ2n) is 31.9. The average molecular weight is 1080 g/mol. The van der Waals surface area contributed by atoms with E-state index in [4.69, 9.17) is 0 Å². The molecule has 0 nitrogen and oxygen atoms in total. The summed E-state index contributed by atoms with van der Waals surface area (Å²) in [5.74, 6) is 15.0. The molecule has 8 aliphatic carbocycles. The molecule has 2 aromatic carbocycles. The molecular formula is C78H138. The molecule has 0 spiro atoms. The third-order valence-electron chi connectivity index (χ3n) is 24.2. The quantitative estimate of drug-likeness (QED) is 0.263. The van der Waals surface area contributed by atoms with Crippen molar-refractivity contribution in [2.24, 2.45) is 91.2 Å². The highest BCUT2D eigenvalue weighted by atomic mass is 14.7. The number of fused-ring (bicyclic) bond motifs is 2. The van der Waals surface area contributed by atoms with E-state index in [0.29, 0.717) is 37.9 Å². The van der Waals surface area contributed by atoms with Crippen molar-refractivity contribution in [3.63, 3.8) is 0 Å². The molecule has 0 amide bonds. The van der Waals surface area contributed by atoms with Crippen LogP contribution in [0.25, 0.3) is 0 Å². The molecule has 2 aromatic rings. The molecule has 0 saturated heterocycles. The third-order valence-corrected chi connectivity index (χ3v) is 24.2. The van der Waals surface area contributed by atoms with Crippen LogP contribution in [0, 0.1) is 103 Å². The number of hydrogen-bond acceptors (Lipinski definition) is 0. The summed E-state index contributed by atoms with van der Waals surface area (Å²) in [6.45, 7) is 54.4. The first-order chi connectivity index (χ1) is 36.3. The van der Waals surface area contributed by atoms with Gasteiger partial charge in [0.15, 0.2) is 0 Å². The number of rotatable bonds is 2. The van der Waals surface area contributed by atoms with Crippen LogP contribution in [0.5, 0.6) is 0 Å². The molecule has 8 saturated carbocycles. The topological polar surface area (TPSA) is 0 Å². The van der Waals surface area contributed by atoms with Crippen LogP contribution < -0.4 is 0 Å². The van der Waals surface area contributed by atoms with E-state index in [9.17, 15) is 0 Å². The van der Waals surface area contributed by atoms with Gasteiger partial charge in [-0.15, -0.1) is 5.92 Å². The maximum atomic E-state index is 2.96. The van der Waals surface area contributed by atoms with Crippen LogP contribution in [-0.2, 0) is 6.42 Å². The van der Waals surface area contributed by atoms with Gasteiger partial charge in [0.25, 0.3) is 0 Å². The van der Waals surface area contributed by atoms with Crippen molar-refractivity contribution < 1.29 is 0 Å². The fraction of sp³-hybridized carbons (Fsp3) is 0.821. The lowest BCUT2D eigenvalue weighted by Gasteiger charge is -2.47. The second-order valence-corrected chi connectivity index (χ2v) is 31.9. The Kier molecular flexibility index (Phi) is 31.4. The summed E-state index contributed by atoms with van der Waals surface area (Å²) in [4.78, 5) is 0. The molecule has 10 rings (SSSR count). The lowest BCUT2D eigenvalue weighted by atomic mass is 9.57. The van der Waals surface area contributed by atoms with Gasteiger partial charge in [-0.3, -0.25) is 0 Å². The number of benzene rings is 2. The molecule has 0 heteroatoms. The SMILES string of the molecule is CC#Cc1ccccc1.CC1C(C)(C)C(C)(C)C(C)(C)C1(C)C.CC1CCC(C)(C)C1.CC1CCCC1.CC1CCCC1(C)C.CC1CCCCC1.CC1CCCCC1(C)C.CCC1CC2CCC1C2.CCc1ccccc1. The summed E-state index contributed by atoms with van der Waals surface area (Å²) >= 11 is 0. The minimum absolute atomic E-state index is 0.392. The lowest BCUT2D eigenvalue weighted by Crippen LogP contribution is -2.40. The molecule has 0 radical (unpaired) electrons. The number of aryl methyl sites for hydroxylation is 1. The van der Waals surface area contributed by atoms with E-state index >= 15 is 0 Å². The maximum Gasteiger partial charge on any atom is 0.0245 e. The molecular weight excluding hydrogens is 937 g/mol. The van der Waals surface area contributed by atoms with E-state index in [-0.39, 0.29) is 0 Å². The predicted molar refractivity (Wildman–Crippen MR) is 353 cm³/mol. The van der Waals surface area contributed by atoms with Gasteiger partial charge in [-0.05, 0) is 167 Å². The fourth-order valence-corrected chi connectivity index (χ4v) is 15.2. The number of hydrogen-bond donors (Lipinski definition) is 0. The van der Waals surface area contributed by atoms with Gasteiger partial charge in [0.2, 0.25) is 0 Å². The van der Waals surface area contributed by atoms with Crippen LogP contribution in [0.4, 0.5) is 0 Å².